The van der Waals surface area contributed by atoms with Crippen LogP contribution in [0.15, 0.2) is 24.3 Å². The molecule has 6 atom stereocenters. The van der Waals surface area contributed by atoms with Gasteiger partial charge < -0.3 is 31.3 Å². The van der Waals surface area contributed by atoms with Gasteiger partial charge in [0.1, 0.15) is 23.9 Å². The van der Waals surface area contributed by atoms with Crippen molar-refractivity contribution in [1.29, 1.82) is 0 Å². The van der Waals surface area contributed by atoms with Gasteiger partial charge in [-0.15, -0.1) is 0 Å². The summed E-state index contributed by atoms with van der Waals surface area (Å²) in [5.41, 5.74) is 4.52. The maximum Gasteiger partial charge on any atom is 0.471 e. The molecule has 5 N–H and O–H groups in total. The molecule has 4 rings (SSSR count). The predicted molar refractivity (Wildman–Crippen MR) is 139 cm³/mol. The summed E-state index contributed by atoms with van der Waals surface area (Å²) in [5, 5.41) is 6.99. The first-order valence-corrected chi connectivity index (χ1v) is 13.2. The van der Waals surface area contributed by atoms with Crippen molar-refractivity contribution >= 4 is 35.2 Å². The van der Waals surface area contributed by atoms with E-state index in [1.165, 1.54) is 25.7 Å². The Morgan fingerprint density at radius 2 is 1.78 bits per heavy atom. The van der Waals surface area contributed by atoms with Gasteiger partial charge in [-0.2, -0.15) is 13.2 Å². The minimum atomic E-state index is -5.21. The largest absolute Gasteiger partial charge is 0.478 e. The molecule has 3 aliphatic rings. The normalized spacial score (nSPS) is 26.0. The van der Waals surface area contributed by atoms with Gasteiger partial charge in [-0.25, -0.2) is 0 Å². The Morgan fingerprint density at radius 3 is 2.37 bits per heavy atom. The third-order valence-corrected chi connectivity index (χ3v) is 8.22. The topological polar surface area (TPSA) is 160 Å². The zero-order valence-corrected chi connectivity index (χ0v) is 23.3. The van der Waals surface area contributed by atoms with Crippen LogP contribution in [0.2, 0.25) is 0 Å². The molecule has 2 heterocycles. The van der Waals surface area contributed by atoms with Crippen molar-refractivity contribution in [1.82, 2.24) is 15.5 Å². The third-order valence-electron chi connectivity index (χ3n) is 8.22. The first-order chi connectivity index (χ1) is 18.8. The zero-order valence-electron chi connectivity index (χ0n) is 23.3. The van der Waals surface area contributed by atoms with E-state index in [0.29, 0.717) is 11.4 Å². The molecule has 1 aromatic carbocycles. The van der Waals surface area contributed by atoms with Gasteiger partial charge in [0.05, 0.1) is 5.69 Å². The van der Waals surface area contributed by atoms with Gasteiger partial charge >= 0.3 is 12.1 Å². The number of carbonyl (C=O) groups excluding carboxylic acids is 5. The number of alkyl halides is 3. The fourth-order valence-electron chi connectivity index (χ4n) is 5.81. The summed E-state index contributed by atoms with van der Waals surface area (Å²) >= 11 is 0. The number of piperidine rings is 1. The molecular weight excluding hydrogens is 547 g/mol. The Kier molecular flexibility index (Phi) is 7.50. The highest BCUT2D eigenvalue weighted by atomic mass is 19.4. The Labute approximate surface area is 234 Å². The van der Waals surface area contributed by atoms with Gasteiger partial charge in [0, 0.05) is 13.0 Å². The van der Waals surface area contributed by atoms with E-state index in [2.05, 4.69) is 10.6 Å². The van der Waals surface area contributed by atoms with Crippen molar-refractivity contribution in [3.05, 3.63) is 24.3 Å². The number of fused-ring (bicyclic) bond motifs is 2. The lowest BCUT2D eigenvalue weighted by Crippen LogP contribution is -2.61. The average molecular weight is 582 g/mol. The number of hydrogen-bond donors (Lipinski definition) is 4. The smallest absolute Gasteiger partial charge is 0.471 e. The quantitative estimate of drug-likeness (QED) is 0.380. The van der Waals surface area contributed by atoms with E-state index in [4.69, 9.17) is 10.5 Å². The molecule has 0 radical (unpaired) electrons. The van der Waals surface area contributed by atoms with Crippen LogP contribution in [0.5, 0.6) is 5.75 Å². The molecule has 5 amide bonds. The van der Waals surface area contributed by atoms with Crippen LogP contribution in [0.3, 0.4) is 0 Å². The highest BCUT2D eigenvalue weighted by Crippen LogP contribution is 2.65. The summed E-state index contributed by atoms with van der Waals surface area (Å²) in [5.74, 6) is -5.45. The van der Waals surface area contributed by atoms with Crippen LogP contribution in [0, 0.1) is 22.7 Å². The number of hydrogen-bond acceptors (Lipinski definition) is 6. The number of nitrogens with zero attached hydrogens (tertiary/aromatic N) is 1. The summed E-state index contributed by atoms with van der Waals surface area (Å²) < 4.78 is 44.9. The molecule has 0 bridgehead atoms. The van der Waals surface area contributed by atoms with E-state index in [1.807, 2.05) is 13.8 Å². The minimum absolute atomic E-state index is 0.0786. The maximum absolute atomic E-state index is 13.7. The summed E-state index contributed by atoms with van der Waals surface area (Å²) in [6.07, 6.45) is -6.67. The number of primary amides is 1. The van der Waals surface area contributed by atoms with Gasteiger partial charge in [0.15, 0.2) is 6.10 Å². The van der Waals surface area contributed by atoms with Gasteiger partial charge in [-0.3, -0.25) is 24.0 Å². The summed E-state index contributed by atoms with van der Waals surface area (Å²) in [7, 11) is 0. The number of carbonyl (C=O) groups is 5. The molecule has 0 aromatic heterocycles. The zero-order chi connectivity index (χ0) is 30.7. The Balaban J connectivity index is 1.54. The van der Waals surface area contributed by atoms with Crippen LogP contribution in [0.4, 0.5) is 18.9 Å². The highest BCUT2D eigenvalue weighted by Gasteiger charge is 2.70. The number of anilines is 1. The van der Waals surface area contributed by atoms with E-state index in [0.717, 1.165) is 0 Å². The molecule has 1 saturated carbocycles. The summed E-state index contributed by atoms with van der Waals surface area (Å²) in [6, 6.07) is 2.58. The summed E-state index contributed by atoms with van der Waals surface area (Å²) in [6.45, 7) is 8.38. The third kappa shape index (κ3) is 5.82. The monoisotopic (exact) mass is 581 g/mol. The molecule has 11 nitrogen and oxygen atoms in total. The van der Waals surface area contributed by atoms with E-state index in [1.54, 1.807) is 29.6 Å². The van der Waals surface area contributed by atoms with Crippen LogP contribution in [-0.2, 0) is 24.0 Å². The first kappa shape index (κ1) is 30.1. The SMILES string of the molecule is CC(C)(C)C(NC(=O)C(F)(F)F)C(=O)N1CC2C(C1C(=O)NC(C[C@@H]1Oc3ccccc3NC1=O)C(N)=O)C2(C)C. The van der Waals surface area contributed by atoms with E-state index in [9.17, 15) is 37.1 Å². The molecule has 1 saturated heterocycles. The molecule has 0 spiro atoms. The number of nitrogens with one attached hydrogen (secondary N) is 3. The first-order valence-electron chi connectivity index (χ1n) is 13.2. The molecular formula is C27H34F3N5O6. The number of ether oxygens (including phenoxy) is 1. The Morgan fingerprint density at radius 1 is 1.15 bits per heavy atom. The van der Waals surface area contributed by atoms with Crippen LogP contribution in [0.25, 0.3) is 0 Å². The van der Waals surface area contributed by atoms with E-state index in [-0.39, 0.29) is 30.2 Å². The second-order valence-corrected chi connectivity index (χ2v) is 12.5. The molecule has 2 fully saturated rings. The lowest BCUT2D eigenvalue weighted by atomic mass is 9.85. The molecule has 1 aliphatic carbocycles. The van der Waals surface area contributed by atoms with Gasteiger partial charge in [0.25, 0.3) is 5.91 Å². The molecule has 1 aromatic rings. The van der Waals surface area contributed by atoms with Crippen molar-refractivity contribution in [2.75, 3.05) is 11.9 Å². The molecule has 2 aliphatic heterocycles. The number of likely N-dealkylation sites (tertiary alicyclic amines) is 1. The Bertz CT molecular complexity index is 1280. The molecule has 224 valence electrons. The predicted octanol–water partition coefficient (Wildman–Crippen LogP) is 1.32. The van der Waals surface area contributed by atoms with Gasteiger partial charge in [-0.1, -0.05) is 46.8 Å². The number of rotatable bonds is 7. The lowest BCUT2D eigenvalue weighted by Gasteiger charge is -2.38. The average Bonchev–Trinajstić information content (AvgIpc) is 3.18. The highest BCUT2D eigenvalue weighted by molar-refractivity contribution is 5.99. The number of benzene rings is 1. The molecule has 14 heteroatoms. The van der Waals surface area contributed by atoms with Crippen molar-refractivity contribution in [2.24, 2.45) is 28.4 Å². The number of nitrogens with two attached hydrogens (primary N) is 1. The van der Waals surface area contributed by atoms with Crippen molar-refractivity contribution in [2.45, 2.75) is 71.4 Å². The second-order valence-electron chi connectivity index (χ2n) is 12.5. The molecule has 41 heavy (non-hydrogen) atoms. The van der Waals surface area contributed by atoms with Gasteiger partial charge in [0.2, 0.25) is 17.7 Å². The van der Waals surface area contributed by atoms with E-state index >= 15 is 0 Å². The van der Waals surface area contributed by atoms with Crippen molar-refractivity contribution < 1.29 is 41.9 Å². The van der Waals surface area contributed by atoms with Crippen LogP contribution < -0.4 is 26.4 Å². The fraction of sp³-hybridized carbons (Fsp3) is 0.593. The number of para-hydroxylation sites is 2. The van der Waals surface area contributed by atoms with Crippen molar-refractivity contribution in [3.8, 4) is 5.75 Å². The van der Waals surface area contributed by atoms with Gasteiger partial charge in [-0.05, 0) is 34.8 Å². The fourth-order valence-corrected chi connectivity index (χ4v) is 5.81. The van der Waals surface area contributed by atoms with Crippen LogP contribution in [-0.4, -0.2) is 71.4 Å². The van der Waals surface area contributed by atoms with Crippen LogP contribution >= 0.6 is 0 Å². The molecule has 5 unspecified atom stereocenters. The lowest BCUT2D eigenvalue weighted by molar-refractivity contribution is -0.176. The van der Waals surface area contributed by atoms with E-state index < -0.39 is 65.4 Å². The minimum Gasteiger partial charge on any atom is -0.478 e. The van der Waals surface area contributed by atoms with Crippen molar-refractivity contribution in [3.63, 3.8) is 0 Å². The second kappa shape index (κ2) is 10.2. The Hall–Kier alpha value is -3.84. The number of halogens is 3. The maximum atomic E-state index is 13.7. The summed E-state index contributed by atoms with van der Waals surface area (Å²) in [4.78, 5) is 65.2. The standard InChI is InChI=1S/C27H34F3N5O6/c1-25(2,3)19(34-24(40)27(28,29)30)23(39)35-11-12-17(26(12,4)5)18(35)22(38)33-14(20(31)36)10-16-21(37)32-13-8-6-7-9-15(13)41-16/h6-9,12,14,16-19H,10-11H2,1-5H3,(H2,31,36)(H,32,37)(H,33,38)(H,34,40)/t12?,14?,16-,17?,18?,19?/m0/s1. The van der Waals surface area contributed by atoms with Crippen LogP contribution in [0.1, 0.15) is 41.0 Å². The number of amides is 5.